The predicted molar refractivity (Wildman–Crippen MR) is 91.7 cm³/mol. The third kappa shape index (κ3) is 4.84. The van der Waals surface area contributed by atoms with E-state index in [1.165, 1.54) is 18.3 Å². The number of hydrazone groups is 1. The Hall–Kier alpha value is -3.35. The summed E-state index contributed by atoms with van der Waals surface area (Å²) in [5, 5.41) is 14.7. The number of pyridine rings is 1. The molecule has 1 N–H and O–H groups in total. The van der Waals surface area contributed by atoms with Crippen LogP contribution in [0.4, 0.5) is 5.69 Å². The van der Waals surface area contributed by atoms with Gasteiger partial charge in [0, 0.05) is 24.0 Å². The number of carbonyl (C=O) groups is 1. The van der Waals surface area contributed by atoms with Gasteiger partial charge in [-0.2, -0.15) is 5.10 Å². The van der Waals surface area contributed by atoms with Crippen molar-refractivity contribution in [2.75, 3.05) is 0 Å². The molecule has 1 aromatic heterocycles. The third-order valence-corrected chi connectivity index (χ3v) is 3.11. The molecule has 0 saturated heterocycles. The van der Waals surface area contributed by atoms with Crippen LogP contribution in [0.25, 0.3) is 6.08 Å². The SMILES string of the molecule is CC(C=Cc1cccc([N+](=O)[O-])c1)=NNC(=O)c1ccc(C)nc1. The van der Waals surface area contributed by atoms with E-state index in [9.17, 15) is 14.9 Å². The van der Waals surface area contributed by atoms with Gasteiger partial charge in [-0.05, 0) is 37.6 Å². The molecule has 24 heavy (non-hydrogen) atoms. The van der Waals surface area contributed by atoms with Gasteiger partial charge in [0.15, 0.2) is 0 Å². The van der Waals surface area contributed by atoms with Gasteiger partial charge in [-0.1, -0.05) is 18.2 Å². The highest BCUT2D eigenvalue weighted by Gasteiger charge is 2.05. The number of non-ortho nitro benzene ring substituents is 1. The van der Waals surface area contributed by atoms with E-state index < -0.39 is 4.92 Å². The molecule has 0 spiro atoms. The van der Waals surface area contributed by atoms with Gasteiger partial charge in [0.2, 0.25) is 0 Å². The van der Waals surface area contributed by atoms with Crippen molar-refractivity contribution in [3.05, 3.63) is 75.6 Å². The van der Waals surface area contributed by atoms with Gasteiger partial charge in [-0.15, -0.1) is 0 Å². The van der Waals surface area contributed by atoms with E-state index in [-0.39, 0.29) is 11.6 Å². The van der Waals surface area contributed by atoms with Crippen molar-refractivity contribution < 1.29 is 9.72 Å². The van der Waals surface area contributed by atoms with E-state index in [1.807, 2.05) is 6.92 Å². The van der Waals surface area contributed by atoms with Gasteiger partial charge < -0.3 is 0 Å². The highest BCUT2D eigenvalue weighted by atomic mass is 16.6. The number of nitrogens with zero attached hydrogens (tertiary/aromatic N) is 3. The zero-order valence-corrected chi connectivity index (χ0v) is 13.3. The second kappa shape index (κ2) is 7.77. The Balaban J connectivity index is 2.00. The van der Waals surface area contributed by atoms with Gasteiger partial charge >= 0.3 is 0 Å². The number of amides is 1. The normalized spacial score (nSPS) is 11.5. The summed E-state index contributed by atoms with van der Waals surface area (Å²) in [6.45, 7) is 3.55. The minimum absolute atomic E-state index is 0.0203. The van der Waals surface area contributed by atoms with E-state index >= 15 is 0 Å². The lowest BCUT2D eigenvalue weighted by Gasteiger charge is -2.00. The molecule has 1 amide bonds. The van der Waals surface area contributed by atoms with Crippen LogP contribution >= 0.6 is 0 Å². The molecule has 1 heterocycles. The molecule has 7 heteroatoms. The summed E-state index contributed by atoms with van der Waals surface area (Å²) in [6, 6.07) is 9.65. The molecule has 1 aromatic carbocycles. The minimum atomic E-state index is -0.450. The van der Waals surface area contributed by atoms with Crippen LogP contribution in [0.3, 0.4) is 0 Å². The molecule has 2 rings (SSSR count). The molecule has 2 aromatic rings. The Morgan fingerprint density at radius 3 is 2.79 bits per heavy atom. The predicted octanol–water partition coefficient (Wildman–Crippen LogP) is 3.12. The van der Waals surface area contributed by atoms with Crippen LogP contribution in [-0.2, 0) is 0 Å². The van der Waals surface area contributed by atoms with Crippen molar-refractivity contribution in [1.82, 2.24) is 10.4 Å². The van der Waals surface area contributed by atoms with E-state index in [1.54, 1.807) is 43.3 Å². The molecule has 0 aliphatic rings. The first-order valence-electron chi connectivity index (χ1n) is 7.15. The van der Waals surface area contributed by atoms with E-state index in [0.29, 0.717) is 16.8 Å². The number of nitro benzene ring substituents is 1. The van der Waals surface area contributed by atoms with Crippen LogP contribution in [0, 0.1) is 17.0 Å². The molecular weight excluding hydrogens is 308 g/mol. The number of hydrogen-bond acceptors (Lipinski definition) is 5. The largest absolute Gasteiger partial charge is 0.272 e. The summed E-state index contributed by atoms with van der Waals surface area (Å²) in [7, 11) is 0. The standard InChI is InChI=1S/C17H16N4O3/c1-12-7-9-15(11-18-12)17(22)20-19-13(2)6-8-14-4-3-5-16(10-14)21(23)24/h3-11H,1-2H3,(H,20,22). The molecule has 0 aliphatic carbocycles. The summed E-state index contributed by atoms with van der Waals surface area (Å²) in [4.78, 5) is 26.2. The van der Waals surface area contributed by atoms with Crippen molar-refractivity contribution in [1.29, 1.82) is 0 Å². The molecule has 0 saturated carbocycles. The number of rotatable bonds is 5. The maximum Gasteiger partial charge on any atom is 0.272 e. The molecule has 0 bridgehead atoms. The third-order valence-electron chi connectivity index (χ3n) is 3.11. The monoisotopic (exact) mass is 324 g/mol. The highest BCUT2D eigenvalue weighted by Crippen LogP contribution is 2.14. The Labute approximate surface area is 138 Å². The van der Waals surface area contributed by atoms with Crippen LogP contribution < -0.4 is 5.43 Å². The Bertz CT molecular complexity index is 811. The van der Waals surface area contributed by atoms with Crippen LogP contribution in [0.2, 0.25) is 0 Å². The molecule has 7 nitrogen and oxygen atoms in total. The lowest BCUT2D eigenvalue weighted by molar-refractivity contribution is -0.384. The van der Waals surface area contributed by atoms with Gasteiger partial charge in [0.25, 0.3) is 11.6 Å². The number of nitrogens with one attached hydrogen (secondary N) is 1. The van der Waals surface area contributed by atoms with Crippen molar-refractivity contribution >= 4 is 23.4 Å². The van der Waals surface area contributed by atoms with Gasteiger partial charge in [-0.3, -0.25) is 19.9 Å². The first kappa shape index (κ1) is 17.0. The molecule has 0 aliphatic heterocycles. The highest BCUT2D eigenvalue weighted by molar-refractivity contribution is 5.99. The summed E-state index contributed by atoms with van der Waals surface area (Å²) < 4.78 is 0. The van der Waals surface area contributed by atoms with Crippen molar-refractivity contribution in [3.63, 3.8) is 0 Å². The van der Waals surface area contributed by atoms with Gasteiger partial charge in [0.05, 0.1) is 16.2 Å². The average molecular weight is 324 g/mol. The number of allylic oxidation sites excluding steroid dienone is 1. The smallest absolute Gasteiger partial charge is 0.267 e. The van der Waals surface area contributed by atoms with Crippen molar-refractivity contribution in [3.8, 4) is 0 Å². The number of benzene rings is 1. The molecule has 0 unspecified atom stereocenters. The minimum Gasteiger partial charge on any atom is -0.267 e. The van der Waals surface area contributed by atoms with Crippen LogP contribution in [-0.4, -0.2) is 21.5 Å². The molecule has 0 radical (unpaired) electrons. The second-order valence-electron chi connectivity index (χ2n) is 5.07. The number of carbonyl (C=O) groups excluding carboxylic acids is 1. The summed E-state index contributed by atoms with van der Waals surface area (Å²) in [5.41, 5.74) is 4.92. The zero-order chi connectivity index (χ0) is 17.5. The van der Waals surface area contributed by atoms with E-state index in [0.717, 1.165) is 5.69 Å². The Morgan fingerprint density at radius 2 is 2.12 bits per heavy atom. The second-order valence-corrected chi connectivity index (χ2v) is 5.07. The summed E-state index contributed by atoms with van der Waals surface area (Å²) in [5.74, 6) is -0.356. The summed E-state index contributed by atoms with van der Waals surface area (Å²) >= 11 is 0. The number of nitro groups is 1. The van der Waals surface area contributed by atoms with Crippen LogP contribution in [0.1, 0.15) is 28.5 Å². The summed E-state index contributed by atoms with van der Waals surface area (Å²) in [6.07, 6.45) is 4.83. The first-order valence-corrected chi connectivity index (χ1v) is 7.15. The van der Waals surface area contributed by atoms with Crippen molar-refractivity contribution in [2.45, 2.75) is 13.8 Å². The zero-order valence-electron chi connectivity index (χ0n) is 13.3. The number of aryl methyl sites for hydroxylation is 1. The van der Waals surface area contributed by atoms with Crippen LogP contribution in [0.5, 0.6) is 0 Å². The number of hydrogen-bond donors (Lipinski definition) is 1. The van der Waals surface area contributed by atoms with E-state index in [4.69, 9.17) is 0 Å². The maximum absolute atomic E-state index is 11.9. The first-order chi connectivity index (χ1) is 11.5. The molecule has 122 valence electrons. The topological polar surface area (TPSA) is 97.5 Å². The fraction of sp³-hybridized carbons (Fsp3) is 0.118. The fourth-order valence-corrected chi connectivity index (χ4v) is 1.80. The molecule has 0 fully saturated rings. The fourth-order valence-electron chi connectivity index (χ4n) is 1.80. The maximum atomic E-state index is 11.9. The quantitative estimate of drug-likeness (QED) is 0.519. The van der Waals surface area contributed by atoms with Crippen LogP contribution in [0.15, 0.2) is 53.8 Å². The number of aromatic nitrogens is 1. The lowest BCUT2D eigenvalue weighted by Crippen LogP contribution is -2.18. The molecular formula is C17H16N4O3. The van der Waals surface area contributed by atoms with Gasteiger partial charge in [0.1, 0.15) is 0 Å². The van der Waals surface area contributed by atoms with E-state index in [2.05, 4.69) is 15.5 Å². The van der Waals surface area contributed by atoms with Gasteiger partial charge in [-0.25, -0.2) is 5.43 Å². The average Bonchev–Trinajstić information content (AvgIpc) is 2.58. The van der Waals surface area contributed by atoms with Crippen molar-refractivity contribution in [2.24, 2.45) is 5.10 Å². The Kier molecular flexibility index (Phi) is 5.51. The molecule has 0 atom stereocenters. The lowest BCUT2D eigenvalue weighted by atomic mass is 10.2. The Morgan fingerprint density at radius 1 is 1.33 bits per heavy atom.